The minimum absolute atomic E-state index is 0.0436. The van der Waals surface area contributed by atoms with Gasteiger partial charge in [0, 0.05) is 43.6 Å². The predicted octanol–water partition coefficient (Wildman–Crippen LogP) is 7.09. The van der Waals surface area contributed by atoms with Crippen molar-refractivity contribution in [2.45, 2.75) is 70.8 Å². The molecule has 0 bridgehead atoms. The number of amides is 1. The Morgan fingerprint density at radius 3 is 2.54 bits per heavy atom. The van der Waals surface area contributed by atoms with Gasteiger partial charge in [-0.1, -0.05) is 56.3 Å². The smallest absolute Gasteiger partial charge is 0.308 e. The predicted molar refractivity (Wildman–Crippen MR) is 164 cm³/mol. The number of benzene rings is 3. The Labute approximate surface area is 244 Å². The largest absolute Gasteiger partial charge is 0.427 e. The lowest BCUT2D eigenvalue weighted by Crippen LogP contribution is -2.57. The monoisotopic (exact) mass is 552 g/mol. The van der Waals surface area contributed by atoms with Gasteiger partial charge >= 0.3 is 5.97 Å². The van der Waals surface area contributed by atoms with Crippen LogP contribution >= 0.6 is 0 Å². The normalized spacial score (nSPS) is 24.7. The van der Waals surface area contributed by atoms with Gasteiger partial charge in [-0.15, -0.1) is 0 Å². The van der Waals surface area contributed by atoms with E-state index >= 15 is 0 Å². The van der Waals surface area contributed by atoms with E-state index in [-0.39, 0.29) is 23.3 Å². The van der Waals surface area contributed by atoms with Crippen molar-refractivity contribution in [2.75, 3.05) is 26.2 Å². The van der Waals surface area contributed by atoms with Crippen LogP contribution in [-0.4, -0.2) is 53.9 Å². The first kappa shape index (κ1) is 28.0. The van der Waals surface area contributed by atoms with E-state index in [0.29, 0.717) is 17.6 Å². The molecule has 3 fully saturated rings. The van der Waals surface area contributed by atoms with Crippen LogP contribution in [0.2, 0.25) is 0 Å². The third kappa shape index (κ3) is 6.06. The second-order valence-corrected chi connectivity index (χ2v) is 13.3. The van der Waals surface area contributed by atoms with Crippen molar-refractivity contribution >= 4 is 22.6 Å². The minimum Gasteiger partial charge on any atom is -0.427 e. The molecule has 0 N–H and O–H groups in total. The lowest BCUT2D eigenvalue weighted by Gasteiger charge is -2.55. The summed E-state index contributed by atoms with van der Waals surface area (Å²) in [6, 6.07) is 22.8. The molecule has 41 heavy (non-hydrogen) atoms. The quantitative estimate of drug-likeness (QED) is 0.221. The van der Waals surface area contributed by atoms with E-state index in [0.717, 1.165) is 67.6 Å². The molecule has 0 radical (unpaired) electrons. The first-order chi connectivity index (χ1) is 19.8. The van der Waals surface area contributed by atoms with Crippen molar-refractivity contribution in [1.29, 1.82) is 0 Å². The number of rotatable bonds is 8. The molecule has 216 valence electrons. The molecule has 1 aliphatic heterocycles. The molecule has 3 atom stereocenters. The molecule has 5 heteroatoms. The zero-order valence-corrected chi connectivity index (χ0v) is 24.9. The van der Waals surface area contributed by atoms with E-state index in [1.54, 1.807) is 0 Å². The molecule has 0 unspecified atom stereocenters. The van der Waals surface area contributed by atoms with Crippen LogP contribution in [0, 0.1) is 17.8 Å². The topological polar surface area (TPSA) is 49.9 Å². The molecule has 3 aromatic carbocycles. The lowest BCUT2D eigenvalue weighted by atomic mass is 9.57. The molecule has 2 saturated carbocycles. The number of carbonyl (C=O) groups is 2. The number of fused-ring (bicyclic) bond motifs is 2. The third-order valence-electron chi connectivity index (χ3n) is 9.73. The van der Waals surface area contributed by atoms with Crippen molar-refractivity contribution < 1.29 is 14.3 Å². The van der Waals surface area contributed by atoms with E-state index in [1.807, 2.05) is 30.3 Å². The summed E-state index contributed by atoms with van der Waals surface area (Å²) in [4.78, 5) is 30.9. The highest BCUT2D eigenvalue weighted by Gasteiger charge is 2.50. The van der Waals surface area contributed by atoms with Crippen LogP contribution in [0.5, 0.6) is 5.75 Å². The van der Waals surface area contributed by atoms with Gasteiger partial charge in [-0.05, 0) is 103 Å². The number of ether oxygens (including phenoxy) is 1. The van der Waals surface area contributed by atoms with Crippen LogP contribution < -0.4 is 4.74 Å². The Morgan fingerprint density at radius 2 is 1.78 bits per heavy atom. The summed E-state index contributed by atoms with van der Waals surface area (Å²) in [5.74, 6) is 2.25. The highest BCUT2D eigenvalue weighted by Crippen LogP contribution is 2.51. The minimum atomic E-state index is -0.291. The van der Waals surface area contributed by atoms with Gasteiger partial charge in [0.15, 0.2) is 0 Å². The molecular weight excluding hydrogens is 508 g/mol. The summed E-state index contributed by atoms with van der Waals surface area (Å²) in [5, 5.41) is 2.26. The van der Waals surface area contributed by atoms with Crippen molar-refractivity contribution in [3.8, 4) is 5.75 Å². The molecule has 0 spiro atoms. The molecule has 1 amide bonds. The number of piperidine rings is 1. The molecule has 6 rings (SSSR count). The second kappa shape index (κ2) is 11.6. The van der Waals surface area contributed by atoms with Gasteiger partial charge in [0.2, 0.25) is 0 Å². The van der Waals surface area contributed by atoms with Gasteiger partial charge < -0.3 is 14.5 Å². The zero-order valence-electron chi connectivity index (χ0n) is 24.9. The van der Waals surface area contributed by atoms with E-state index in [4.69, 9.17) is 4.74 Å². The summed E-state index contributed by atoms with van der Waals surface area (Å²) in [5.41, 5.74) is 1.99. The zero-order chi connectivity index (χ0) is 28.6. The second-order valence-electron chi connectivity index (χ2n) is 13.3. The van der Waals surface area contributed by atoms with E-state index < -0.39 is 0 Å². The standard InChI is InChI=1S/C36H44N2O3/c1-25(2)22-38(35(40)30-14-13-28-7-4-5-8-29(28)19-30)33-16-15-32-24-37(23-27-11-12-27)18-17-36(32,21-33)31-9-6-10-34(20-31)41-26(3)39/h4-10,13-14,19-20,25,27,32-33H,11-12,15-18,21-24H2,1-3H3/t32-,33+,36+/m1/s1. The van der Waals surface area contributed by atoms with Gasteiger partial charge in [0.25, 0.3) is 5.91 Å². The number of carbonyl (C=O) groups excluding carboxylic acids is 2. The average molecular weight is 553 g/mol. The van der Waals surface area contributed by atoms with Crippen LogP contribution in [0.3, 0.4) is 0 Å². The van der Waals surface area contributed by atoms with Gasteiger partial charge in [-0.3, -0.25) is 9.59 Å². The molecular formula is C36H44N2O3. The molecule has 0 aromatic heterocycles. The molecule has 5 nitrogen and oxygen atoms in total. The fourth-order valence-corrected chi connectivity index (χ4v) is 7.60. The van der Waals surface area contributed by atoms with Gasteiger partial charge in [-0.25, -0.2) is 0 Å². The van der Waals surface area contributed by atoms with E-state index in [1.165, 1.54) is 31.9 Å². The Hall–Kier alpha value is -3.18. The lowest BCUT2D eigenvalue weighted by molar-refractivity contribution is -0.131. The summed E-state index contributed by atoms with van der Waals surface area (Å²) in [7, 11) is 0. The fraction of sp³-hybridized carbons (Fsp3) is 0.500. The van der Waals surface area contributed by atoms with Crippen LogP contribution in [0.1, 0.15) is 75.2 Å². The molecule has 2 aliphatic carbocycles. The highest BCUT2D eigenvalue weighted by atomic mass is 16.5. The van der Waals surface area contributed by atoms with Crippen molar-refractivity contribution in [3.05, 3.63) is 77.9 Å². The Balaban J connectivity index is 1.33. The Bertz CT molecular complexity index is 1410. The fourth-order valence-electron chi connectivity index (χ4n) is 7.60. The maximum atomic E-state index is 14.2. The first-order valence-electron chi connectivity index (χ1n) is 15.6. The SMILES string of the molecule is CC(=O)Oc1cccc([C@@]23CCN(CC4CC4)C[C@H]2CC[C@H](N(CC(C)C)C(=O)c2ccc4ccccc4c2)C3)c1. The van der Waals surface area contributed by atoms with E-state index in [9.17, 15) is 9.59 Å². The summed E-state index contributed by atoms with van der Waals surface area (Å²) >= 11 is 0. The van der Waals surface area contributed by atoms with Crippen molar-refractivity contribution in [3.63, 3.8) is 0 Å². The number of hydrogen-bond acceptors (Lipinski definition) is 4. The number of hydrogen-bond donors (Lipinski definition) is 0. The number of esters is 1. The summed E-state index contributed by atoms with van der Waals surface area (Å²) < 4.78 is 5.55. The Morgan fingerprint density at radius 1 is 0.976 bits per heavy atom. The number of likely N-dealkylation sites (tertiary alicyclic amines) is 1. The maximum absolute atomic E-state index is 14.2. The number of nitrogens with zero attached hydrogens (tertiary/aromatic N) is 2. The molecule has 1 saturated heterocycles. The van der Waals surface area contributed by atoms with Gasteiger partial charge in [-0.2, -0.15) is 0 Å². The molecule has 3 aromatic rings. The summed E-state index contributed by atoms with van der Waals surface area (Å²) in [6.45, 7) is 10.1. The van der Waals surface area contributed by atoms with Gasteiger partial charge in [0.1, 0.15) is 5.75 Å². The van der Waals surface area contributed by atoms with Crippen LogP contribution in [0.4, 0.5) is 0 Å². The molecule has 1 heterocycles. The third-order valence-corrected chi connectivity index (χ3v) is 9.73. The van der Waals surface area contributed by atoms with E-state index in [2.05, 4.69) is 60.0 Å². The Kier molecular flexibility index (Phi) is 7.91. The van der Waals surface area contributed by atoms with Crippen LogP contribution in [0.25, 0.3) is 10.8 Å². The van der Waals surface area contributed by atoms with Gasteiger partial charge in [0.05, 0.1) is 0 Å². The van der Waals surface area contributed by atoms with Crippen LogP contribution in [-0.2, 0) is 10.2 Å². The maximum Gasteiger partial charge on any atom is 0.308 e. The highest BCUT2D eigenvalue weighted by molar-refractivity contribution is 5.98. The van der Waals surface area contributed by atoms with Crippen LogP contribution in [0.15, 0.2) is 66.7 Å². The van der Waals surface area contributed by atoms with Crippen molar-refractivity contribution in [1.82, 2.24) is 9.80 Å². The molecule has 3 aliphatic rings. The average Bonchev–Trinajstić information content (AvgIpc) is 3.79. The first-order valence-corrected chi connectivity index (χ1v) is 15.6. The summed E-state index contributed by atoms with van der Waals surface area (Å²) in [6.07, 6.45) is 6.90. The van der Waals surface area contributed by atoms with Crippen molar-refractivity contribution in [2.24, 2.45) is 17.8 Å².